The molecule has 1 unspecified atom stereocenters. The summed E-state index contributed by atoms with van der Waals surface area (Å²) in [5.74, 6) is -1.17. The van der Waals surface area contributed by atoms with Crippen molar-refractivity contribution in [2.45, 2.75) is 25.4 Å². The van der Waals surface area contributed by atoms with Gasteiger partial charge in [0.05, 0.1) is 18.5 Å². The second kappa shape index (κ2) is 7.52. The number of aliphatic carboxylic acids is 1. The highest BCUT2D eigenvalue weighted by Crippen LogP contribution is 2.23. The Bertz CT molecular complexity index is 586. The average molecular weight is 297 g/mol. The number of hydrogen-bond donors (Lipinski definition) is 2. The molecule has 4 nitrogen and oxygen atoms in total. The maximum Gasteiger partial charge on any atom is 0.305 e. The lowest BCUT2D eigenvalue weighted by atomic mass is 9.96. The molecule has 0 aliphatic rings. The highest BCUT2D eigenvalue weighted by molar-refractivity contribution is 5.86. The first-order valence-corrected chi connectivity index (χ1v) is 7.16. The standard InChI is InChI=1S/C18H19NO3/c1-13(20)16(12-17(21)22)19-18(14-8-4-2-5-9-14)15-10-6-3-7-11-15/h2-11,16,18-19H,12H2,1H3,(H,21,22). The summed E-state index contributed by atoms with van der Waals surface area (Å²) in [6, 6.07) is 18.4. The van der Waals surface area contributed by atoms with Crippen molar-refractivity contribution in [1.82, 2.24) is 5.32 Å². The van der Waals surface area contributed by atoms with Gasteiger partial charge in [0.15, 0.2) is 0 Å². The SMILES string of the molecule is CC(=O)C(CC(=O)O)NC(c1ccccc1)c1ccccc1. The number of benzene rings is 2. The topological polar surface area (TPSA) is 66.4 Å². The third-order valence-electron chi connectivity index (χ3n) is 3.50. The minimum absolute atomic E-state index is 0.181. The van der Waals surface area contributed by atoms with Gasteiger partial charge in [-0.15, -0.1) is 0 Å². The molecule has 1 atom stereocenters. The molecule has 0 fully saturated rings. The van der Waals surface area contributed by atoms with Crippen LogP contribution < -0.4 is 5.32 Å². The fourth-order valence-corrected chi connectivity index (χ4v) is 2.37. The van der Waals surface area contributed by atoms with E-state index in [0.717, 1.165) is 11.1 Å². The Morgan fingerprint density at radius 3 is 1.77 bits per heavy atom. The van der Waals surface area contributed by atoms with Gasteiger partial charge in [-0.05, 0) is 18.1 Å². The molecule has 0 aliphatic carbocycles. The first kappa shape index (κ1) is 15.9. The van der Waals surface area contributed by atoms with Crippen molar-refractivity contribution in [3.8, 4) is 0 Å². The van der Waals surface area contributed by atoms with Crippen molar-refractivity contribution in [1.29, 1.82) is 0 Å². The maximum atomic E-state index is 11.8. The summed E-state index contributed by atoms with van der Waals surface area (Å²) in [6.07, 6.45) is -0.231. The first-order valence-electron chi connectivity index (χ1n) is 7.16. The van der Waals surface area contributed by atoms with E-state index in [0.29, 0.717) is 0 Å². The first-order chi connectivity index (χ1) is 10.6. The van der Waals surface area contributed by atoms with Crippen LogP contribution in [0.5, 0.6) is 0 Å². The number of hydrogen-bond acceptors (Lipinski definition) is 3. The highest BCUT2D eigenvalue weighted by Gasteiger charge is 2.23. The van der Waals surface area contributed by atoms with E-state index in [9.17, 15) is 9.59 Å². The Labute approximate surface area is 129 Å². The summed E-state index contributed by atoms with van der Waals surface area (Å²) in [5.41, 5.74) is 1.98. The van der Waals surface area contributed by atoms with Gasteiger partial charge in [-0.2, -0.15) is 0 Å². The van der Waals surface area contributed by atoms with Crippen LogP contribution in [0, 0.1) is 0 Å². The quantitative estimate of drug-likeness (QED) is 0.824. The zero-order valence-corrected chi connectivity index (χ0v) is 12.4. The molecule has 2 aromatic carbocycles. The molecule has 0 aliphatic heterocycles. The summed E-state index contributed by atoms with van der Waals surface area (Å²) in [4.78, 5) is 22.7. The molecule has 0 heterocycles. The average Bonchev–Trinajstić information content (AvgIpc) is 2.52. The van der Waals surface area contributed by atoms with Crippen molar-refractivity contribution >= 4 is 11.8 Å². The van der Waals surface area contributed by atoms with E-state index in [2.05, 4.69) is 5.32 Å². The largest absolute Gasteiger partial charge is 0.481 e. The minimum Gasteiger partial charge on any atom is -0.481 e. The third kappa shape index (κ3) is 4.27. The number of rotatable bonds is 7. The molecule has 0 amide bonds. The Balaban J connectivity index is 2.32. The number of carboxylic acid groups (broad SMARTS) is 1. The van der Waals surface area contributed by atoms with Crippen molar-refractivity contribution < 1.29 is 14.7 Å². The Hall–Kier alpha value is -2.46. The number of ketones is 1. The van der Waals surface area contributed by atoms with E-state index in [1.807, 2.05) is 60.7 Å². The fourth-order valence-electron chi connectivity index (χ4n) is 2.37. The van der Waals surface area contributed by atoms with Crippen molar-refractivity contribution in [3.05, 3.63) is 71.8 Å². The molecular formula is C18H19NO3. The van der Waals surface area contributed by atoms with Crippen LogP contribution in [0.25, 0.3) is 0 Å². The zero-order chi connectivity index (χ0) is 15.9. The number of carbonyl (C=O) groups excluding carboxylic acids is 1. The molecule has 0 aromatic heterocycles. The van der Waals surface area contributed by atoms with E-state index >= 15 is 0 Å². The number of nitrogens with one attached hydrogen (secondary N) is 1. The lowest BCUT2D eigenvalue weighted by Crippen LogP contribution is -2.40. The summed E-state index contributed by atoms with van der Waals surface area (Å²) >= 11 is 0. The van der Waals surface area contributed by atoms with Gasteiger partial charge in [0, 0.05) is 0 Å². The van der Waals surface area contributed by atoms with E-state index in [-0.39, 0.29) is 18.2 Å². The van der Waals surface area contributed by atoms with E-state index in [1.54, 1.807) is 0 Å². The maximum absolute atomic E-state index is 11.8. The highest BCUT2D eigenvalue weighted by atomic mass is 16.4. The van der Waals surface area contributed by atoms with Crippen LogP contribution in [-0.2, 0) is 9.59 Å². The van der Waals surface area contributed by atoms with Crippen LogP contribution in [0.3, 0.4) is 0 Å². The van der Waals surface area contributed by atoms with Gasteiger partial charge < -0.3 is 5.11 Å². The Morgan fingerprint density at radius 2 is 1.41 bits per heavy atom. The normalized spacial score (nSPS) is 12.1. The van der Waals surface area contributed by atoms with Gasteiger partial charge in [-0.25, -0.2) is 0 Å². The molecule has 4 heteroatoms. The Kier molecular flexibility index (Phi) is 5.44. The van der Waals surface area contributed by atoms with E-state index in [4.69, 9.17) is 5.11 Å². The molecular weight excluding hydrogens is 278 g/mol. The molecule has 0 radical (unpaired) electrons. The van der Waals surface area contributed by atoms with Gasteiger partial charge >= 0.3 is 5.97 Å². The zero-order valence-electron chi connectivity index (χ0n) is 12.4. The summed E-state index contributed by atoms with van der Waals surface area (Å²) in [5, 5.41) is 12.2. The summed E-state index contributed by atoms with van der Waals surface area (Å²) in [6.45, 7) is 1.41. The van der Waals surface area contributed by atoms with Crippen LogP contribution in [0.15, 0.2) is 60.7 Å². The van der Waals surface area contributed by atoms with Gasteiger partial charge in [-0.1, -0.05) is 60.7 Å². The van der Waals surface area contributed by atoms with Crippen molar-refractivity contribution in [3.63, 3.8) is 0 Å². The minimum atomic E-state index is -0.993. The second-order valence-corrected chi connectivity index (χ2v) is 5.18. The molecule has 0 saturated carbocycles. The smallest absolute Gasteiger partial charge is 0.305 e. The number of carboxylic acids is 1. The second-order valence-electron chi connectivity index (χ2n) is 5.18. The van der Waals surface area contributed by atoms with Crippen LogP contribution in [0.2, 0.25) is 0 Å². The van der Waals surface area contributed by atoms with Crippen LogP contribution in [-0.4, -0.2) is 22.9 Å². The molecule has 2 rings (SSSR count). The monoisotopic (exact) mass is 297 g/mol. The molecule has 0 spiro atoms. The lowest BCUT2D eigenvalue weighted by Gasteiger charge is -2.24. The molecule has 22 heavy (non-hydrogen) atoms. The molecule has 2 aromatic rings. The van der Waals surface area contributed by atoms with Gasteiger partial charge in [0.2, 0.25) is 0 Å². The fraction of sp³-hybridized carbons (Fsp3) is 0.222. The molecule has 0 saturated heterocycles. The van der Waals surface area contributed by atoms with Gasteiger partial charge in [0.25, 0.3) is 0 Å². The van der Waals surface area contributed by atoms with Crippen molar-refractivity contribution in [2.75, 3.05) is 0 Å². The van der Waals surface area contributed by atoms with Gasteiger partial charge in [0.1, 0.15) is 5.78 Å². The summed E-state index contributed by atoms with van der Waals surface area (Å²) < 4.78 is 0. The predicted molar refractivity (Wildman–Crippen MR) is 84.6 cm³/mol. The van der Waals surface area contributed by atoms with Crippen LogP contribution in [0.4, 0.5) is 0 Å². The lowest BCUT2D eigenvalue weighted by molar-refractivity contribution is -0.139. The van der Waals surface area contributed by atoms with Crippen LogP contribution >= 0.6 is 0 Å². The molecule has 0 bridgehead atoms. The van der Waals surface area contributed by atoms with Crippen molar-refractivity contribution in [2.24, 2.45) is 0 Å². The summed E-state index contributed by atoms with van der Waals surface area (Å²) in [7, 11) is 0. The predicted octanol–water partition coefficient (Wildman–Crippen LogP) is 2.80. The van der Waals surface area contributed by atoms with E-state index < -0.39 is 12.0 Å². The number of Topliss-reactive ketones (excluding diaryl/α,β-unsaturated/α-hetero) is 1. The Morgan fingerprint density at radius 1 is 0.955 bits per heavy atom. The molecule has 2 N–H and O–H groups in total. The van der Waals surface area contributed by atoms with Crippen LogP contribution in [0.1, 0.15) is 30.5 Å². The van der Waals surface area contributed by atoms with E-state index in [1.165, 1.54) is 6.92 Å². The number of carbonyl (C=O) groups is 2. The third-order valence-corrected chi connectivity index (χ3v) is 3.50. The van der Waals surface area contributed by atoms with Gasteiger partial charge in [-0.3, -0.25) is 14.9 Å². The molecule has 114 valence electrons.